The maximum absolute atomic E-state index is 12.6. The second-order valence-electron chi connectivity index (χ2n) is 7.79. The predicted octanol–water partition coefficient (Wildman–Crippen LogP) is 2.78. The molecule has 0 spiro atoms. The lowest BCUT2D eigenvalue weighted by Crippen LogP contribution is -2.46. The van der Waals surface area contributed by atoms with Gasteiger partial charge in [-0.15, -0.1) is 0 Å². The van der Waals surface area contributed by atoms with Crippen LogP contribution in [0.2, 0.25) is 0 Å². The minimum Gasteiger partial charge on any atom is -0.342 e. The minimum atomic E-state index is -3.36. The summed E-state index contributed by atoms with van der Waals surface area (Å²) in [5, 5.41) is 0. The van der Waals surface area contributed by atoms with E-state index < -0.39 is 10.0 Å². The van der Waals surface area contributed by atoms with Gasteiger partial charge in [0, 0.05) is 19.6 Å². The van der Waals surface area contributed by atoms with Crippen LogP contribution >= 0.6 is 0 Å². The highest BCUT2D eigenvalue weighted by molar-refractivity contribution is 7.88. The van der Waals surface area contributed by atoms with Crippen molar-refractivity contribution < 1.29 is 13.2 Å². The Morgan fingerprint density at radius 2 is 1.81 bits per heavy atom. The van der Waals surface area contributed by atoms with Gasteiger partial charge in [0.15, 0.2) is 0 Å². The van der Waals surface area contributed by atoms with Crippen LogP contribution in [-0.2, 0) is 21.2 Å². The number of hydrogen-bond acceptors (Lipinski definition) is 3. The van der Waals surface area contributed by atoms with Crippen LogP contribution < -0.4 is 0 Å². The fourth-order valence-electron chi connectivity index (χ4n) is 3.35. The summed E-state index contributed by atoms with van der Waals surface area (Å²) in [6.07, 6.45) is 4.95. The van der Waals surface area contributed by atoms with E-state index >= 15 is 0 Å². The van der Waals surface area contributed by atoms with E-state index in [1.165, 1.54) is 16.1 Å². The molecule has 1 aliphatic rings. The topological polar surface area (TPSA) is 57.7 Å². The fraction of sp³-hybridized carbons (Fsp3) is 0.650. The maximum atomic E-state index is 12.6. The first-order valence-electron chi connectivity index (χ1n) is 9.52. The summed E-state index contributed by atoms with van der Waals surface area (Å²) in [4.78, 5) is 14.4. The van der Waals surface area contributed by atoms with Gasteiger partial charge in [0.25, 0.3) is 0 Å². The van der Waals surface area contributed by atoms with E-state index in [1.807, 2.05) is 11.0 Å². The highest BCUT2D eigenvalue weighted by Crippen LogP contribution is 2.22. The lowest BCUT2D eigenvalue weighted by molar-refractivity contribution is -0.132. The number of carbonyl (C=O) groups is 1. The monoisotopic (exact) mass is 380 g/mol. The molecule has 0 saturated carbocycles. The van der Waals surface area contributed by atoms with Crippen molar-refractivity contribution in [2.45, 2.75) is 39.5 Å². The van der Waals surface area contributed by atoms with Gasteiger partial charge in [-0.1, -0.05) is 44.2 Å². The Morgan fingerprint density at radius 1 is 1.19 bits per heavy atom. The standard InChI is InChI=1S/C20H32N2O3S/c1-17(2)9-14-22(26(3,24)25)16-20(23)21-12-10-19(11-13-21)15-18-7-5-4-6-8-18/h4-8,17,19H,9-16H2,1-3H3. The van der Waals surface area contributed by atoms with Crippen LogP contribution in [0, 0.1) is 11.8 Å². The molecule has 1 aromatic carbocycles. The van der Waals surface area contributed by atoms with Crippen molar-refractivity contribution in [3.8, 4) is 0 Å². The van der Waals surface area contributed by atoms with E-state index in [0.29, 0.717) is 18.4 Å². The Balaban J connectivity index is 1.84. The Labute approximate surface area is 158 Å². The number of likely N-dealkylation sites (tertiary alicyclic amines) is 1. The van der Waals surface area contributed by atoms with Gasteiger partial charge in [-0.25, -0.2) is 8.42 Å². The zero-order valence-corrected chi connectivity index (χ0v) is 17.0. The molecule has 1 heterocycles. The Morgan fingerprint density at radius 3 is 2.35 bits per heavy atom. The summed E-state index contributed by atoms with van der Waals surface area (Å²) in [6, 6.07) is 10.4. The molecule has 0 aromatic heterocycles. The molecule has 0 bridgehead atoms. The van der Waals surface area contributed by atoms with Gasteiger partial charge in [0.05, 0.1) is 12.8 Å². The quantitative estimate of drug-likeness (QED) is 0.697. The van der Waals surface area contributed by atoms with E-state index in [9.17, 15) is 13.2 Å². The van der Waals surface area contributed by atoms with Gasteiger partial charge < -0.3 is 4.90 Å². The van der Waals surface area contributed by atoms with Crippen molar-refractivity contribution in [2.24, 2.45) is 11.8 Å². The molecule has 0 N–H and O–H groups in total. The average molecular weight is 381 g/mol. The second kappa shape index (κ2) is 9.51. The largest absolute Gasteiger partial charge is 0.342 e. The molecule has 5 nitrogen and oxygen atoms in total. The predicted molar refractivity (Wildman–Crippen MR) is 105 cm³/mol. The third kappa shape index (κ3) is 6.72. The average Bonchev–Trinajstić information content (AvgIpc) is 2.58. The molecule has 6 heteroatoms. The first-order valence-corrected chi connectivity index (χ1v) is 11.4. The Bertz CT molecular complexity index is 666. The molecule has 0 unspecified atom stereocenters. The lowest BCUT2D eigenvalue weighted by Gasteiger charge is -2.33. The van der Waals surface area contributed by atoms with E-state index in [1.54, 1.807) is 0 Å². The van der Waals surface area contributed by atoms with Gasteiger partial charge in [0.2, 0.25) is 15.9 Å². The van der Waals surface area contributed by atoms with Crippen molar-refractivity contribution in [3.63, 3.8) is 0 Å². The first kappa shape index (κ1) is 20.9. The maximum Gasteiger partial charge on any atom is 0.237 e. The third-order valence-corrected chi connectivity index (χ3v) is 6.32. The normalized spacial score (nSPS) is 16.4. The summed E-state index contributed by atoms with van der Waals surface area (Å²) in [7, 11) is -3.36. The van der Waals surface area contributed by atoms with Crippen molar-refractivity contribution in [1.29, 1.82) is 0 Å². The summed E-state index contributed by atoms with van der Waals surface area (Å²) >= 11 is 0. The molecule has 0 atom stereocenters. The second-order valence-corrected chi connectivity index (χ2v) is 9.78. The number of benzene rings is 1. The number of piperidine rings is 1. The number of sulfonamides is 1. The van der Waals surface area contributed by atoms with Crippen LogP contribution in [0.15, 0.2) is 30.3 Å². The molecular weight excluding hydrogens is 348 g/mol. The van der Waals surface area contributed by atoms with Gasteiger partial charge in [-0.3, -0.25) is 4.79 Å². The lowest BCUT2D eigenvalue weighted by atomic mass is 9.90. The highest BCUT2D eigenvalue weighted by Gasteiger charge is 2.27. The van der Waals surface area contributed by atoms with E-state index in [0.717, 1.165) is 38.8 Å². The van der Waals surface area contributed by atoms with Crippen LogP contribution in [0.25, 0.3) is 0 Å². The number of hydrogen-bond donors (Lipinski definition) is 0. The fourth-order valence-corrected chi connectivity index (χ4v) is 4.13. The molecule has 146 valence electrons. The van der Waals surface area contributed by atoms with Crippen LogP contribution in [0.3, 0.4) is 0 Å². The highest BCUT2D eigenvalue weighted by atomic mass is 32.2. The molecule has 1 aromatic rings. The van der Waals surface area contributed by atoms with E-state index in [2.05, 4.69) is 38.1 Å². The third-order valence-electron chi connectivity index (χ3n) is 5.07. The van der Waals surface area contributed by atoms with Crippen molar-refractivity contribution in [3.05, 3.63) is 35.9 Å². The molecular formula is C20H32N2O3S. The minimum absolute atomic E-state index is 0.0328. The number of amides is 1. The molecule has 1 fully saturated rings. The van der Waals surface area contributed by atoms with Crippen molar-refractivity contribution >= 4 is 15.9 Å². The zero-order valence-electron chi connectivity index (χ0n) is 16.2. The zero-order chi connectivity index (χ0) is 19.2. The van der Waals surface area contributed by atoms with Gasteiger partial charge in [-0.2, -0.15) is 4.31 Å². The van der Waals surface area contributed by atoms with Gasteiger partial charge in [-0.05, 0) is 43.1 Å². The van der Waals surface area contributed by atoms with Crippen molar-refractivity contribution in [1.82, 2.24) is 9.21 Å². The summed E-state index contributed by atoms with van der Waals surface area (Å²) in [6.45, 7) is 5.93. The Kier molecular flexibility index (Phi) is 7.65. The van der Waals surface area contributed by atoms with Crippen LogP contribution in [0.4, 0.5) is 0 Å². The molecule has 2 rings (SSSR count). The van der Waals surface area contributed by atoms with E-state index in [-0.39, 0.29) is 12.5 Å². The van der Waals surface area contributed by atoms with Gasteiger partial charge >= 0.3 is 0 Å². The molecule has 1 aliphatic heterocycles. The number of rotatable bonds is 8. The van der Waals surface area contributed by atoms with Crippen LogP contribution in [0.1, 0.15) is 38.7 Å². The molecule has 0 aliphatic carbocycles. The van der Waals surface area contributed by atoms with Crippen molar-refractivity contribution in [2.75, 3.05) is 32.4 Å². The number of carbonyl (C=O) groups excluding carboxylic acids is 1. The SMILES string of the molecule is CC(C)CCN(CC(=O)N1CCC(Cc2ccccc2)CC1)S(C)(=O)=O. The molecule has 0 radical (unpaired) electrons. The Hall–Kier alpha value is -1.40. The first-order chi connectivity index (χ1) is 12.3. The van der Waals surface area contributed by atoms with Crippen LogP contribution in [-0.4, -0.2) is 56.0 Å². The molecule has 1 saturated heterocycles. The van der Waals surface area contributed by atoms with Gasteiger partial charge in [0.1, 0.15) is 0 Å². The summed E-state index contributed by atoms with van der Waals surface area (Å²) in [5.41, 5.74) is 1.34. The van der Waals surface area contributed by atoms with Crippen LogP contribution in [0.5, 0.6) is 0 Å². The smallest absolute Gasteiger partial charge is 0.237 e. The molecule has 26 heavy (non-hydrogen) atoms. The molecule has 1 amide bonds. The van der Waals surface area contributed by atoms with E-state index in [4.69, 9.17) is 0 Å². The summed E-state index contributed by atoms with van der Waals surface area (Å²) in [5.74, 6) is 0.925. The summed E-state index contributed by atoms with van der Waals surface area (Å²) < 4.78 is 25.3. The number of nitrogens with zero attached hydrogens (tertiary/aromatic N) is 2.